The highest BCUT2D eigenvalue weighted by Gasteiger charge is 2.29. The Morgan fingerprint density at radius 1 is 1.23 bits per heavy atom. The molecule has 1 fully saturated rings. The van der Waals surface area contributed by atoms with Crippen LogP contribution in [0.15, 0.2) is 52.2 Å². The molecule has 3 aromatic rings. The van der Waals surface area contributed by atoms with Crippen molar-refractivity contribution in [3.05, 3.63) is 48.2 Å². The smallest absolute Gasteiger partial charge is 0.289 e. The summed E-state index contributed by atoms with van der Waals surface area (Å²) >= 11 is 2.31. The van der Waals surface area contributed by atoms with Gasteiger partial charge in [-0.3, -0.25) is 23.9 Å². The van der Waals surface area contributed by atoms with Crippen molar-refractivity contribution in [2.24, 2.45) is 0 Å². The predicted molar refractivity (Wildman–Crippen MR) is 118 cm³/mol. The van der Waals surface area contributed by atoms with Crippen molar-refractivity contribution in [3.63, 3.8) is 0 Å². The topological polar surface area (TPSA) is 110 Å². The summed E-state index contributed by atoms with van der Waals surface area (Å²) in [6.45, 7) is 2.86. The number of thioether (sulfide) groups is 2. The first-order chi connectivity index (χ1) is 15.0. The summed E-state index contributed by atoms with van der Waals surface area (Å²) in [5, 5.41) is 11.6. The Morgan fingerprint density at radius 3 is 2.68 bits per heavy atom. The molecule has 11 heteroatoms. The van der Waals surface area contributed by atoms with Gasteiger partial charge in [-0.15, -0.1) is 10.2 Å². The second kappa shape index (κ2) is 9.40. The zero-order valence-electron chi connectivity index (χ0n) is 16.6. The molecule has 0 unspecified atom stereocenters. The number of rotatable bonds is 8. The quantitative estimate of drug-likeness (QED) is 0.512. The number of aromatic nitrogens is 3. The summed E-state index contributed by atoms with van der Waals surface area (Å²) in [7, 11) is 0. The predicted octanol–water partition coefficient (Wildman–Crippen LogP) is 3.48. The SMILES string of the molecule is CCn1c(SCC(=O)Nc2ccc(CN3C(=O)CSC3=O)cc2)nnc1-c1ccco1. The molecule has 1 N–H and O–H groups in total. The average Bonchev–Trinajstić information content (AvgIpc) is 3.50. The third-order valence-corrected chi connectivity index (χ3v) is 6.35. The first-order valence-corrected chi connectivity index (χ1v) is 11.5. The first kappa shape index (κ1) is 21.2. The van der Waals surface area contributed by atoms with E-state index in [0.29, 0.717) is 29.0 Å². The Bertz CT molecular complexity index is 1080. The molecule has 31 heavy (non-hydrogen) atoms. The van der Waals surface area contributed by atoms with E-state index in [1.54, 1.807) is 36.6 Å². The van der Waals surface area contributed by atoms with Crippen LogP contribution in [0.3, 0.4) is 0 Å². The molecule has 1 aliphatic heterocycles. The molecule has 0 saturated carbocycles. The third-order valence-electron chi connectivity index (χ3n) is 4.53. The van der Waals surface area contributed by atoms with Crippen LogP contribution in [-0.4, -0.2) is 48.2 Å². The van der Waals surface area contributed by atoms with Crippen LogP contribution in [0, 0.1) is 0 Å². The number of hydrogen-bond donors (Lipinski definition) is 1. The normalized spacial score (nSPS) is 13.8. The highest BCUT2D eigenvalue weighted by molar-refractivity contribution is 8.14. The van der Waals surface area contributed by atoms with Gasteiger partial charge in [0, 0.05) is 12.2 Å². The number of furan rings is 1. The Labute approximate surface area is 186 Å². The summed E-state index contributed by atoms with van der Waals surface area (Å²) < 4.78 is 7.28. The van der Waals surface area contributed by atoms with Gasteiger partial charge in [-0.05, 0) is 36.8 Å². The molecule has 0 spiro atoms. The zero-order valence-corrected chi connectivity index (χ0v) is 18.2. The first-order valence-electron chi connectivity index (χ1n) is 9.51. The Hall–Kier alpha value is -3.05. The Balaban J connectivity index is 1.32. The summed E-state index contributed by atoms with van der Waals surface area (Å²) in [6, 6.07) is 10.7. The molecule has 2 aromatic heterocycles. The fraction of sp³-hybridized carbons (Fsp3) is 0.250. The van der Waals surface area contributed by atoms with Crippen molar-refractivity contribution in [2.45, 2.75) is 25.2 Å². The minimum absolute atomic E-state index is 0.173. The number of nitrogens with zero attached hydrogens (tertiary/aromatic N) is 4. The van der Waals surface area contributed by atoms with Gasteiger partial charge in [0.2, 0.25) is 11.8 Å². The number of imide groups is 1. The number of carbonyl (C=O) groups is 3. The van der Waals surface area contributed by atoms with Crippen molar-refractivity contribution in [2.75, 3.05) is 16.8 Å². The van der Waals surface area contributed by atoms with Crippen molar-refractivity contribution in [3.8, 4) is 11.6 Å². The molecule has 1 aromatic carbocycles. The summed E-state index contributed by atoms with van der Waals surface area (Å²) in [5.41, 5.74) is 1.45. The van der Waals surface area contributed by atoms with E-state index in [1.165, 1.54) is 16.7 Å². The largest absolute Gasteiger partial charge is 0.461 e. The van der Waals surface area contributed by atoms with Crippen LogP contribution in [0.5, 0.6) is 0 Å². The van der Waals surface area contributed by atoms with Gasteiger partial charge in [0.05, 0.1) is 24.3 Å². The van der Waals surface area contributed by atoms with Gasteiger partial charge in [0.15, 0.2) is 16.7 Å². The lowest BCUT2D eigenvalue weighted by Gasteiger charge is -2.13. The summed E-state index contributed by atoms with van der Waals surface area (Å²) in [4.78, 5) is 37.0. The van der Waals surface area contributed by atoms with Gasteiger partial charge in [0.1, 0.15) is 0 Å². The van der Waals surface area contributed by atoms with E-state index in [-0.39, 0.29) is 35.1 Å². The van der Waals surface area contributed by atoms with Crippen LogP contribution in [0.2, 0.25) is 0 Å². The third kappa shape index (κ3) is 4.83. The van der Waals surface area contributed by atoms with E-state index in [9.17, 15) is 14.4 Å². The fourth-order valence-electron chi connectivity index (χ4n) is 3.01. The second-order valence-corrected chi connectivity index (χ2v) is 8.47. The molecule has 0 aliphatic carbocycles. The van der Waals surface area contributed by atoms with Gasteiger partial charge in [-0.1, -0.05) is 35.7 Å². The maximum absolute atomic E-state index is 12.4. The van der Waals surface area contributed by atoms with Crippen molar-refractivity contribution in [1.82, 2.24) is 19.7 Å². The van der Waals surface area contributed by atoms with Gasteiger partial charge in [0.25, 0.3) is 5.24 Å². The summed E-state index contributed by atoms with van der Waals surface area (Å²) in [6.07, 6.45) is 1.58. The Morgan fingerprint density at radius 2 is 2.03 bits per heavy atom. The van der Waals surface area contributed by atoms with Crippen LogP contribution < -0.4 is 5.32 Å². The number of carbonyl (C=O) groups excluding carboxylic acids is 3. The number of nitrogens with one attached hydrogen (secondary N) is 1. The van der Waals surface area contributed by atoms with Crippen molar-refractivity contribution >= 4 is 46.3 Å². The lowest BCUT2D eigenvalue weighted by Crippen LogP contribution is -2.27. The van der Waals surface area contributed by atoms with Crippen molar-refractivity contribution < 1.29 is 18.8 Å². The molecule has 9 nitrogen and oxygen atoms in total. The Kier molecular flexibility index (Phi) is 6.42. The van der Waals surface area contributed by atoms with E-state index < -0.39 is 0 Å². The number of amides is 3. The molecule has 160 valence electrons. The van der Waals surface area contributed by atoms with E-state index in [2.05, 4.69) is 15.5 Å². The second-order valence-electron chi connectivity index (χ2n) is 6.60. The summed E-state index contributed by atoms with van der Waals surface area (Å²) in [5.74, 6) is 1.26. The van der Waals surface area contributed by atoms with Gasteiger partial charge < -0.3 is 9.73 Å². The minimum atomic E-state index is -0.227. The molecule has 0 bridgehead atoms. The maximum Gasteiger partial charge on any atom is 0.289 e. The number of hydrogen-bond acceptors (Lipinski definition) is 8. The molecular weight excluding hydrogens is 438 g/mol. The molecule has 4 rings (SSSR count). The van der Waals surface area contributed by atoms with Gasteiger partial charge in [-0.25, -0.2) is 0 Å². The van der Waals surface area contributed by atoms with Gasteiger partial charge >= 0.3 is 0 Å². The minimum Gasteiger partial charge on any atom is -0.461 e. The monoisotopic (exact) mass is 457 g/mol. The lowest BCUT2D eigenvalue weighted by molar-refractivity contribution is -0.125. The zero-order chi connectivity index (χ0) is 21.8. The van der Waals surface area contributed by atoms with Crippen LogP contribution >= 0.6 is 23.5 Å². The molecule has 0 atom stereocenters. The van der Waals surface area contributed by atoms with Crippen molar-refractivity contribution in [1.29, 1.82) is 0 Å². The average molecular weight is 458 g/mol. The number of anilines is 1. The molecular formula is C20H19N5O4S2. The molecule has 3 heterocycles. The standard InChI is InChI=1S/C20H19N5O4S2/c1-2-24-18(15-4-3-9-29-15)22-23-19(24)30-11-16(26)21-14-7-5-13(6-8-14)10-25-17(27)12-31-20(25)28/h3-9H,2,10-12H2,1H3,(H,21,26). The highest BCUT2D eigenvalue weighted by Crippen LogP contribution is 2.25. The van der Waals surface area contributed by atoms with Crippen LogP contribution in [-0.2, 0) is 22.7 Å². The van der Waals surface area contributed by atoms with Crippen LogP contribution in [0.25, 0.3) is 11.6 Å². The van der Waals surface area contributed by atoms with E-state index in [4.69, 9.17) is 4.42 Å². The van der Waals surface area contributed by atoms with E-state index >= 15 is 0 Å². The highest BCUT2D eigenvalue weighted by atomic mass is 32.2. The van der Waals surface area contributed by atoms with E-state index in [1.807, 2.05) is 17.6 Å². The molecule has 0 radical (unpaired) electrons. The molecule has 3 amide bonds. The number of benzene rings is 1. The molecule has 1 saturated heterocycles. The lowest BCUT2D eigenvalue weighted by atomic mass is 10.2. The van der Waals surface area contributed by atoms with Crippen LogP contribution in [0.1, 0.15) is 12.5 Å². The van der Waals surface area contributed by atoms with E-state index in [0.717, 1.165) is 17.3 Å². The molecule has 1 aliphatic rings. The fourth-order valence-corrected chi connectivity index (χ4v) is 4.53. The maximum atomic E-state index is 12.4. The van der Waals surface area contributed by atoms with Gasteiger partial charge in [-0.2, -0.15) is 0 Å². The van der Waals surface area contributed by atoms with Crippen LogP contribution in [0.4, 0.5) is 10.5 Å².